The highest BCUT2D eigenvalue weighted by atomic mass is 16.6. The van der Waals surface area contributed by atoms with Gasteiger partial charge in [0.2, 0.25) is 0 Å². The van der Waals surface area contributed by atoms with Crippen LogP contribution in [0.25, 0.3) is 0 Å². The van der Waals surface area contributed by atoms with E-state index in [0.717, 1.165) is 5.56 Å². The van der Waals surface area contributed by atoms with E-state index in [1.54, 1.807) is 6.20 Å². The number of hydrogen-bond acceptors (Lipinski definition) is 5. The Morgan fingerprint density at radius 2 is 2.20 bits per heavy atom. The van der Waals surface area contributed by atoms with Crippen LogP contribution in [0, 0.1) is 5.92 Å². The number of carbonyl (C=O) groups excluding carboxylic acids is 1. The van der Waals surface area contributed by atoms with Gasteiger partial charge in [0.15, 0.2) is 0 Å². The van der Waals surface area contributed by atoms with Gasteiger partial charge >= 0.3 is 6.09 Å². The fourth-order valence-electron chi connectivity index (χ4n) is 1.97. The monoisotopic (exact) mass is 278 g/mol. The van der Waals surface area contributed by atoms with Crippen LogP contribution >= 0.6 is 0 Å². The summed E-state index contributed by atoms with van der Waals surface area (Å²) < 4.78 is 5.22. The van der Waals surface area contributed by atoms with Gasteiger partial charge in [0, 0.05) is 18.7 Å². The molecule has 6 nitrogen and oxygen atoms in total. The number of rotatable bonds is 5. The van der Waals surface area contributed by atoms with Gasteiger partial charge in [0.1, 0.15) is 6.61 Å². The van der Waals surface area contributed by atoms with E-state index in [9.17, 15) is 9.90 Å². The van der Waals surface area contributed by atoms with Crippen molar-refractivity contribution < 1.29 is 19.5 Å². The van der Waals surface area contributed by atoms with Crippen molar-refractivity contribution in [3.8, 4) is 0 Å². The standard InChI is InChI=1S/C14H18N2O4/c1-19-15-13-8-16(7-12(13)9-17)14(18)20-10-11-5-3-2-4-6-11/h2-6,8,12,15,17H,7,9-10H2,1H3. The summed E-state index contributed by atoms with van der Waals surface area (Å²) in [5.41, 5.74) is 4.24. The molecule has 0 aromatic heterocycles. The molecule has 1 aliphatic rings. The van der Waals surface area contributed by atoms with E-state index in [2.05, 4.69) is 5.48 Å². The van der Waals surface area contributed by atoms with Crippen LogP contribution in [-0.2, 0) is 16.2 Å². The summed E-state index contributed by atoms with van der Waals surface area (Å²) in [6, 6.07) is 9.47. The van der Waals surface area contributed by atoms with Gasteiger partial charge < -0.3 is 9.84 Å². The number of amides is 1. The van der Waals surface area contributed by atoms with E-state index in [1.807, 2.05) is 30.3 Å². The zero-order valence-electron chi connectivity index (χ0n) is 11.3. The van der Waals surface area contributed by atoms with Gasteiger partial charge in [-0.2, -0.15) is 0 Å². The maximum absolute atomic E-state index is 11.9. The van der Waals surface area contributed by atoms with Crippen molar-refractivity contribution in [2.75, 3.05) is 20.3 Å². The number of ether oxygens (including phenoxy) is 1. The highest BCUT2D eigenvalue weighted by Gasteiger charge is 2.28. The van der Waals surface area contributed by atoms with Crippen molar-refractivity contribution in [2.24, 2.45) is 5.92 Å². The van der Waals surface area contributed by atoms with Crippen molar-refractivity contribution in [1.29, 1.82) is 0 Å². The van der Waals surface area contributed by atoms with Gasteiger partial charge in [-0.3, -0.25) is 15.2 Å². The minimum absolute atomic E-state index is 0.0648. The first-order valence-corrected chi connectivity index (χ1v) is 6.33. The van der Waals surface area contributed by atoms with Crippen molar-refractivity contribution in [1.82, 2.24) is 10.4 Å². The minimum atomic E-state index is -0.444. The summed E-state index contributed by atoms with van der Waals surface area (Å²) in [6.07, 6.45) is 1.15. The SMILES string of the molecule is CONC1=CN(C(=O)OCc2ccccc2)CC1CO. The zero-order valence-corrected chi connectivity index (χ0v) is 11.3. The van der Waals surface area contributed by atoms with Crippen LogP contribution in [-0.4, -0.2) is 36.4 Å². The Balaban J connectivity index is 1.90. The van der Waals surface area contributed by atoms with Crippen LogP contribution in [0.4, 0.5) is 4.79 Å². The topological polar surface area (TPSA) is 71.0 Å². The minimum Gasteiger partial charge on any atom is -0.444 e. The molecule has 1 unspecified atom stereocenters. The third kappa shape index (κ3) is 3.49. The molecule has 108 valence electrons. The van der Waals surface area contributed by atoms with Gasteiger partial charge in [-0.1, -0.05) is 30.3 Å². The van der Waals surface area contributed by atoms with Gasteiger partial charge in [0.25, 0.3) is 0 Å². The number of benzene rings is 1. The van der Waals surface area contributed by atoms with E-state index < -0.39 is 6.09 Å². The largest absolute Gasteiger partial charge is 0.444 e. The quantitative estimate of drug-likeness (QED) is 0.793. The molecule has 1 aliphatic heterocycles. The highest BCUT2D eigenvalue weighted by molar-refractivity contribution is 5.69. The molecule has 0 bridgehead atoms. The maximum Gasteiger partial charge on any atom is 0.414 e. The van der Waals surface area contributed by atoms with Crippen molar-refractivity contribution in [2.45, 2.75) is 6.61 Å². The molecule has 1 heterocycles. The van der Waals surface area contributed by atoms with Crippen LogP contribution < -0.4 is 5.48 Å². The van der Waals surface area contributed by atoms with E-state index in [0.29, 0.717) is 12.2 Å². The summed E-state index contributed by atoms with van der Waals surface area (Å²) in [7, 11) is 1.48. The number of aliphatic hydroxyl groups excluding tert-OH is 1. The van der Waals surface area contributed by atoms with E-state index >= 15 is 0 Å². The molecule has 0 fully saturated rings. The number of nitrogens with one attached hydrogen (secondary N) is 1. The van der Waals surface area contributed by atoms with Gasteiger partial charge in [-0.05, 0) is 5.56 Å². The Kier molecular flexibility index (Phi) is 4.97. The van der Waals surface area contributed by atoms with Gasteiger partial charge in [-0.15, -0.1) is 0 Å². The Hall–Kier alpha value is -2.05. The Bertz CT molecular complexity index is 475. The van der Waals surface area contributed by atoms with Crippen LogP contribution in [0.15, 0.2) is 42.2 Å². The number of aliphatic hydroxyl groups is 1. The normalized spacial score (nSPS) is 17.8. The second kappa shape index (κ2) is 6.93. The van der Waals surface area contributed by atoms with E-state index in [1.165, 1.54) is 12.0 Å². The molecular weight excluding hydrogens is 260 g/mol. The predicted molar refractivity (Wildman–Crippen MR) is 72.1 cm³/mol. The summed E-state index contributed by atoms with van der Waals surface area (Å²) in [6.45, 7) is 0.529. The molecule has 0 aliphatic carbocycles. The molecule has 0 saturated carbocycles. The third-order valence-corrected chi connectivity index (χ3v) is 3.03. The lowest BCUT2D eigenvalue weighted by molar-refractivity contribution is 0.0990. The second-order valence-corrected chi connectivity index (χ2v) is 4.46. The molecule has 0 saturated heterocycles. The average molecular weight is 278 g/mol. The molecule has 0 spiro atoms. The molecule has 2 N–H and O–H groups in total. The number of carbonyl (C=O) groups is 1. The summed E-state index contributed by atoms with van der Waals surface area (Å²) in [4.78, 5) is 18.2. The fourth-order valence-corrected chi connectivity index (χ4v) is 1.97. The molecule has 20 heavy (non-hydrogen) atoms. The summed E-state index contributed by atoms with van der Waals surface area (Å²) >= 11 is 0. The molecule has 1 aromatic rings. The van der Waals surface area contributed by atoms with Crippen molar-refractivity contribution in [3.63, 3.8) is 0 Å². The molecule has 2 rings (SSSR count). The van der Waals surface area contributed by atoms with Gasteiger partial charge in [-0.25, -0.2) is 4.79 Å². The fraction of sp³-hybridized carbons (Fsp3) is 0.357. The average Bonchev–Trinajstić information content (AvgIpc) is 2.89. The smallest absolute Gasteiger partial charge is 0.414 e. The highest BCUT2D eigenvalue weighted by Crippen LogP contribution is 2.20. The molecule has 1 atom stereocenters. The number of hydrogen-bond donors (Lipinski definition) is 2. The first kappa shape index (κ1) is 14.4. The van der Waals surface area contributed by atoms with Gasteiger partial charge in [0.05, 0.1) is 19.4 Å². The Morgan fingerprint density at radius 1 is 1.45 bits per heavy atom. The van der Waals surface area contributed by atoms with E-state index in [-0.39, 0.29) is 19.1 Å². The van der Waals surface area contributed by atoms with Crippen molar-refractivity contribution in [3.05, 3.63) is 47.8 Å². The predicted octanol–water partition coefficient (Wildman–Crippen LogP) is 1.24. The molecule has 0 radical (unpaired) electrons. The van der Waals surface area contributed by atoms with Crippen LogP contribution in [0.2, 0.25) is 0 Å². The number of nitrogens with zero attached hydrogens (tertiary/aromatic N) is 1. The molecule has 1 amide bonds. The molecular formula is C14H18N2O4. The van der Waals surface area contributed by atoms with Crippen LogP contribution in [0.3, 0.4) is 0 Å². The van der Waals surface area contributed by atoms with Crippen LogP contribution in [0.1, 0.15) is 5.56 Å². The molecule has 6 heteroatoms. The lowest BCUT2D eigenvalue weighted by Crippen LogP contribution is -2.28. The summed E-state index contributed by atoms with van der Waals surface area (Å²) in [5.74, 6) is -0.181. The Morgan fingerprint density at radius 3 is 2.85 bits per heavy atom. The lowest BCUT2D eigenvalue weighted by atomic mass is 10.1. The van der Waals surface area contributed by atoms with Crippen LogP contribution in [0.5, 0.6) is 0 Å². The third-order valence-electron chi connectivity index (χ3n) is 3.03. The second-order valence-electron chi connectivity index (χ2n) is 4.46. The zero-order chi connectivity index (χ0) is 14.4. The summed E-state index contributed by atoms with van der Waals surface area (Å²) in [5, 5.41) is 9.26. The first-order chi connectivity index (χ1) is 9.74. The van der Waals surface area contributed by atoms with E-state index in [4.69, 9.17) is 9.57 Å². The lowest BCUT2D eigenvalue weighted by Gasteiger charge is -2.15. The molecule has 1 aromatic carbocycles. The maximum atomic E-state index is 11.9. The Labute approximate surface area is 117 Å². The number of hydroxylamine groups is 1. The van der Waals surface area contributed by atoms with Crippen molar-refractivity contribution >= 4 is 6.09 Å². The first-order valence-electron chi connectivity index (χ1n) is 6.33.